The van der Waals surface area contributed by atoms with E-state index in [1.807, 2.05) is 12.2 Å². The highest BCUT2D eigenvalue weighted by molar-refractivity contribution is 7.57. The highest BCUT2D eigenvalue weighted by Gasteiger charge is 2.09. The zero-order valence-corrected chi connectivity index (χ0v) is 32.7. The van der Waals surface area contributed by atoms with E-state index in [0.717, 1.165) is 38.5 Å². The van der Waals surface area contributed by atoms with Gasteiger partial charge >= 0.3 is 11.9 Å². The zero-order chi connectivity index (χ0) is 34.5. The lowest BCUT2D eigenvalue weighted by Gasteiger charge is -2.18. The van der Waals surface area contributed by atoms with Crippen molar-refractivity contribution in [3.05, 3.63) is 24.3 Å². The molecule has 0 saturated carbocycles. The summed E-state index contributed by atoms with van der Waals surface area (Å²) in [6.07, 6.45) is 42.0. The molecule has 6 heteroatoms. The minimum absolute atomic E-state index is 0.0467. The van der Waals surface area contributed by atoms with Crippen molar-refractivity contribution in [1.82, 2.24) is 4.90 Å². The van der Waals surface area contributed by atoms with Gasteiger partial charge < -0.3 is 14.4 Å². The SMILES string of the molecule is CCCCCC/C=C\COC(=O)CCCCCCCP(CCCCCCCC(=O)OC/C=C\CCCCCC)CCCCCN(C)C. The molecule has 0 fully saturated rings. The summed E-state index contributed by atoms with van der Waals surface area (Å²) in [4.78, 5) is 26.3. The van der Waals surface area contributed by atoms with Crippen molar-refractivity contribution in [2.24, 2.45) is 0 Å². The summed E-state index contributed by atoms with van der Waals surface area (Å²) < 4.78 is 10.7. The number of nitrogens with zero attached hydrogens (tertiary/aromatic N) is 1. The second-order valence-electron chi connectivity index (χ2n) is 13.7. The quantitative estimate of drug-likeness (QED) is 0.0285. The lowest BCUT2D eigenvalue weighted by Crippen LogP contribution is -2.12. The summed E-state index contributed by atoms with van der Waals surface area (Å²) in [5.41, 5.74) is 0. The Hall–Kier alpha value is -1.19. The van der Waals surface area contributed by atoms with Crippen LogP contribution in [0.1, 0.15) is 174 Å². The van der Waals surface area contributed by atoms with Crippen LogP contribution in [0.4, 0.5) is 0 Å². The van der Waals surface area contributed by atoms with Gasteiger partial charge in [0, 0.05) is 12.8 Å². The van der Waals surface area contributed by atoms with E-state index in [2.05, 4.69) is 45.0 Å². The Labute approximate surface area is 294 Å². The molecule has 0 aliphatic carbocycles. The lowest BCUT2D eigenvalue weighted by atomic mass is 10.1. The first-order valence-electron chi connectivity index (χ1n) is 20.0. The number of carbonyl (C=O) groups excluding carboxylic acids is 2. The molecule has 0 atom stereocenters. The Morgan fingerprint density at radius 2 is 0.872 bits per heavy atom. The van der Waals surface area contributed by atoms with Gasteiger partial charge in [0.1, 0.15) is 13.2 Å². The minimum Gasteiger partial charge on any atom is -0.461 e. The van der Waals surface area contributed by atoms with Crippen LogP contribution >= 0.6 is 7.92 Å². The zero-order valence-electron chi connectivity index (χ0n) is 31.8. The Morgan fingerprint density at radius 3 is 1.30 bits per heavy atom. The predicted molar refractivity (Wildman–Crippen MR) is 207 cm³/mol. The minimum atomic E-state index is -0.0467. The average molecular weight is 680 g/mol. The molecule has 0 aromatic heterocycles. The Morgan fingerprint density at radius 1 is 0.489 bits per heavy atom. The van der Waals surface area contributed by atoms with Gasteiger partial charge in [0.25, 0.3) is 0 Å². The number of hydrogen-bond acceptors (Lipinski definition) is 5. The van der Waals surface area contributed by atoms with Gasteiger partial charge in [0.05, 0.1) is 0 Å². The van der Waals surface area contributed by atoms with E-state index in [1.165, 1.54) is 134 Å². The maximum absolute atomic E-state index is 12.0. The maximum Gasteiger partial charge on any atom is 0.306 e. The van der Waals surface area contributed by atoms with E-state index in [-0.39, 0.29) is 19.9 Å². The van der Waals surface area contributed by atoms with Crippen LogP contribution in [0, 0.1) is 0 Å². The van der Waals surface area contributed by atoms with E-state index >= 15 is 0 Å². The molecule has 0 rings (SSSR count). The van der Waals surface area contributed by atoms with Crippen LogP contribution in [0.25, 0.3) is 0 Å². The number of hydrogen-bond donors (Lipinski definition) is 0. The molecule has 0 radical (unpaired) electrons. The van der Waals surface area contributed by atoms with Gasteiger partial charge in [-0.05, 0) is 103 Å². The summed E-state index contributed by atoms with van der Waals surface area (Å²) in [5.74, 6) is -0.0934. The molecule has 0 spiro atoms. The van der Waals surface area contributed by atoms with Crippen LogP contribution < -0.4 is 0 Å². The molecule has 0 aliphatic rings. The topological polar surface area (TPSA) is 55.8 Å². The van der Waals surface area contributed by atoms with Gasteiger partial charge in [0.2, 0.25) is 0 Å². The summed E-state index contributed by atoms with van der Waals surface area (Å²) in [5, 5.41) is 0. The molecule has 276 valence electrons. The fourth-order valence-electron chi connectivity index (χ4n) is 5.72. The molecule has 0 unspecified atom stereocenters. The molecule has 0 aromatic rings. The third-order valence-corrected chi connectivity index (χ3v) is 11.6. The first-order valence-corrected chi connectivity index (χ1v) is 21.9. The number of unbranched alkanes of at least 4 members (excludes halogenated alkanes) is 18. The summed E-state index contributed by atoms with van der Waals surface area (Å²) in [7, 11) is 4.47. The van der Waals surface area contributed by atoms with Crippen LogP contribution in [0.2, 0.25) is 0 Å². The maximum atomic E-state index is 12.0. The third-order valence-electron chi connectivity index (χ3n) is 8.75. The van der Waals surface area contributed by atoms with Gasteiger partial charge in [-0.25, -0.2) is 0 Å². The molecule has 5 nitrogen and oxygen atoms in total. The monoisotopic (exact) mass is 680 g/mol. The molecule has 0 saturated heterocycles. The van der Waals surface area contributed by atoms with Crippen LogP contribution in [0.3, 0.4) is 0 Å². The van der Waals surface area contributed by atoms with Gasteiger partial charge in [-0.1, -0.05) is 122 Å². The Kier molecular flexibility index (Phi) is 36.7. The number of ether oxygens (including phenoxy) is 2. The smallest absolute Gasteiger partial charge is 0.306 e. The molecular formula is C41H78NO4P. The van der Waals surface area contributed by atoms with Gasteiger partial charge in [0.15, 0.2) is 0 Å². The van der Waals surface area contributed by atoms with Crippen molar-refractivity contribution in [1.29, 1.82) is 0 Å². The van der Waals surface area contributed by atoms with Crippen LogP contribution in [-0.2, 0) is 19.1 Å². The van der Waals surface area contributed by atoms with Crippen molar-refractivity contribution in [2.45, 2.75) is 174 Å². The molecule has 0 amide bonds. The van der Waals surface area contributed by atoms with E-state index < -0.39 is 0 Å². The molecule has 0 bridgehead atoms. The van der Waals surface area contributed by atoms with Gasteiger partial charge in [-0.3, -0.25) is 9.59 Å². The number of allylic oxidation sites excluding steroid dienone is 2. The van der Waals surface area contributed by atoms with Crippen molar-refractivity contribution >= 4 is 19.9 Å². The molecule has 0 aliphatic heterocycles. The van der Waals surface area contributed by atoms with Gasteiger partial charge in [-0.15, -0.1) is 7.92 Å². The third kappa shape index (κ3) is 37.5. The summed E-state index contributed by atoms with van der Waals surface area (Å²) in [6.45, 7) is 6.52. The Bertz CT molecular complexity index is 687. The van der Waals surface area contributed by atoms with Crippen LogP contribution in [-0.4, -0.2) is 69.2 Å². The molecule has 0 aromatic carbocycles. The van der Waals surface area contributed by atoms with Crippen LogP contribution in [0.5, 0.6) is 0 Å². The highest BCUT2D eigenvalue weighted by atomic mass is 31.1. The summed E-state index contributed by atoms with van der Waals surface area (Å²) >= 11 is 0. The predicted octanol–water partition coefficient (Wildman–Crippen LogP) is 12.0. The van der Waals surface area contributed by atoms with Crippen molar-refractivity contribution < 1.29 is 19.1 Å². The molecule has 0 heterocycles. The molecule has 47 heavy (non-hydrogen) atoms. The second-order valence-corrected chi connectivity index (χ2v) is 16.4. The van der Waals surface area contributed by atoms with E-state index in [1.54, 1.807) is 0 Å². The molecule has 0 N–H and O–H groups in total. The largest absolute Gasteiger partial charge is 0.461 e. The highest BCUT2D eigenvalue weighted by Crippen LogP contribution is 2.39. The van der Waals surface area contributed by atoms with E-state index in [0.29, 0.717) is 26.1 Å². The van der Waals surface area contributed by atoms with Crippen LogP contribution in [0.15, 0.2) is 24.3 Å². The fraction of sp³-hybridized carbons (Fsp3) is 0.854. The first-order chi connectivity index (χ1) is 23.0. The Balaban J connectivity index is 3.99. The van der Waals surface area contributed by atoms with Crippen molar-refractivity contribution in [2.75, 3.05) is 52.3 Å². The summed E-state index contributed by atoms with van der Waals surface area (Å²) in [6, 6.07) is 0. The number of esters is 2. The van der Waals surface area contributed by atoms with Crippen molar-refractivity contribution in [3.8, 4) is 0 Å². The standard InChI is InChI=1S/C41H78NO4P/c1-5-7-9-11-13-19-27-35-45-40(43)32-24-17-15-21-29-37-47(39-31-23-26-34-42(3)4)38-30-22-16-18-25-33-41(44)46-36-28-20-14-12-10-8-6-2/h19-20,27-28H,5-18,21-26,29-39H2,1-4H3/b27-19-,28-20-. The first kappa shape index (κ1) is 45.8. The van der Waals surface area contributed by atoms with Crippen molar-refractivity contribution in [3.63, 3.8) is 0 Å². The number of carbonyl (C=O) groups is 2. The second kappa shape index (κ2) is 37.6. The van der Waals surface area contributed by atoms with E-state index in [9.17, 15) is 9.59 Å². The fourth-order valence-corrected chi connectivity index (χ4v) is 8.41. The molecular weight excluding hydrogens is 601 g/mol. The number of rotatable bonds is 36. The lowest BCUT2D eigenvalue weighted by molar-refractivity contribution is -0.143. The van der Waals surface area contributed by atoms with E-state index in [4.69, 9.17) is 9.47 Å². The van der Waals surface area contributed by atoms with Gasteiger partial charge in [-0.2, -0.15) is 0 Å². The normalized spacial score (nSPS) is 11.9. The average Bonchev–Trinajstić information content (AvgIpc) is 3.05.